The average molecular weight is 259 g/mol. The third-order valence-electron chi connectivity index (χ3n) is 2.77. The first-order chi connectivity index (χ1) is 8.81. The number of carbonyl (C=O) groups is 1. The lowest BCUT2D eigenvalue weighted by atomic mass is 9.96. The van der Waals surface area contributed by atoms with Gasteiger partial charge in [-0.25, -0.2) is 4.79 Å². The lowest BCUT2D eigenvalue weighted by molar-refractivity contribution is 0.0549. The zero-order valence-electron chi connectivity index (χ0n) is 11.7. The Morgan fingerprint density at radius 2 is 2.00 bits per heavy atom. The maximum Gasteiger partial charge on any atom is 0.418 e. The van der Waals surface area contributed by atoms with E-state index in [1.165, 1.54) is 4.57 Å². The summed E-state index contributed by atoms with van der Waals surface area (Å²) in [6.45, 7) is 7.45. The number of rotatable bonds is 1. The van der Waals surface area contributed by atoms with Gasteiger partial charge in [-0.2, -0.15) is 0 Å². The molecule has 0 saturated carbocycles. The maximum absolute atomic E-state index is 12.2. The fraction of sp³-hybridized carbons (Fsp3) is 0.357. The smallest absolute Gasteiger partial charge is 0.418 e. The van der Waals surface area contributed by atoms with Gasteiger partial charge in [-0.15, -0.1) is 0 Å². The monoisotopic (exact) mass is 259 g/mol. The van der Waals surface area contributed by atoms with Crippen LogP contribution in [0.4, 0.5) is 4.79 Å². The van der Waals surface area contributed by atoms with Crippen LogP contribution in [0.2, 0.25) is 0 Å². The number of ether oxygens (including phenoxy) is 1. The number of carbonyl (C=O) groups excluding carboxylic acids is 1. The molecule has 4 nitrogen and oxygen atoms in total. The van der Waals surface area contributed by atoms with Crippen molar-refractivity contribution in [2.75, 3.05) is 0 Å². The summed E-state index contributed by atoms with van der Waals surface area (Å²) in [6.07, 6.45) is -0.463. The van der Waals surface area contributed by atoms with Gasteiger partial charge in [-0.1, -0.05) is 11.6 Å². The molecule has 0 radical (unpaired) electrons. The number of hydrogen-bond donors (Lipinski definition) is 1. The summed E-state index contributed by atoms with van der Waals surface area (Å²) in [5.41, 5.74) is 1.84. The molecule has 0 atom stereocenters. The minimum Gasteiger partial charge on any atom is -0.448 e. The molecule has 2 aromatic rings. The quantitative estimate of drug-likeness (QED) is 0.793. The Bertz CT molecular complexity index is 625. The highest BCUT2D eigenvalue weighted by molar-refractivity contribution is 6.46. The molecule has 0 aliphatic carbocycles. The first-order valence-corrected chi connectivity index (χ1v) is 6.27. The summed E-state index contributed by atoms with van der Waals surface area (Å²) >= 11 is 0. The standard InChI is InChI=1S/C14H18BNO3/c1-9-5-6-11-10(7-9)8-12(15-18)16(11)13(17)19-14(2,3)4/h5-8,15,18H,1-4H3. The van der Waals surface area contributed by atoms with Crippen molar-refractivity contribution in [3.05, 3.63) is 29.8 Å². The minimum absolute atomic E-state index is 0.201. The normalized spacial score (nSPS) is 11.6. The summed E-state index contributed by atoms with van der Waals surface area (Å²) < 4.78 is 6.81. The Kier molecular flexibility index (Phi) is 3.41. The Labute approximate surface area is 113 Å². The fourth-order valence-corrected chi connectivity index (χ4v) is 2.03. The molecule has 0 amide bonds. The summed E-state index contributed by atoms with van der Waals surface area (Å²) in [5, 5.41) is 10.3. The number of aromatic nitrogens is 1. The van der Waals surface area contributed by atoms with Crippen molar-refractivity contribution >= 4 is 30.1 Å². The number of aryl methyl sites for hydroxylation is 1. The molecule has 1 aromatic heterocycles. The van der Waals surface area contributed by atoms with E-state index in [0.717, 1.165) is 16.5 Å². The van der Waals surface area contributed by atoms with Gasteiger partial charge >= 0.3 is 13.6 Å². The van der Waals surface area contributed by atoms with Gasteiger partial charge < -0.3 is 9.76 Å². The Balaban J connectivity index is 2.54. The molecule has 1 N–H and O–H groups in total. The SMILES string of the molecule is Cc1ccc2c(c1)cc(BO)n2C(=O)OC(C)(C)C. The predicted molar refractivity (Wildman–Crippen MR) is 77.3 cm³/mol. The van der Waals surface area contributed by atoms with Crippen molar-refractivity contribution in [1.82, 2.24) is 4.57 Å². The molecule has 0 fully saturated rings. The Hall–Kier alpha value is -1.75. The van der Waals surface area contributed by atoms with Crippen LogP contribution in [0, 0.1) is 6.92 Å². The third kappa shape index (κ3) is 2.81. The molecule has 19 heavy (non-hydrogen) atoms. The van der Waals surface area contributed by atoms with Gasteiger partial charge in [0.25, 0.3) is 0 Å². The highest BCUT2D eigenvalue weighted by atomic mass is 16.6. The molecule has 2 rings (SSSR count). The molecule has 5 heteroatoms. The molecular formula is C14H18BNO3. The molecule has 1 heterocycles. The van der Waals surface area contributed by atoms with Crippen molar-refractivity contribution in [3.8, 4) is 0 Å². The van der Waals surface area contributed by atoms with Gasteiger partial charge in [0.15, 0.2) is 0 Å². The zero-order valence-corrected chi connectivity index (χ0v) is 11.7. The van der Waals surface area contributed by atoms with Gasteiger partial charge in [0.05, 0.1) is 5.52 Å². The number of fused-ring (bicyclic) bond motifs is 1. The van der Waals surface area contributed by atoms with Crippen molar-refractivity contribution in [1.29, 1.82) is 0 Å². The lowest BCUT2D eigenvalue weighted by Gasteiger charge is -2.20. The van der Waals surface area contributed by atoms with E-state index >= 15 is 0 Å². The molecule has 0 aliphatic heterocycles. The van der Waals surface area contributed by atoms with Crippen LogP contribution in [0.15, 0.2) is 24.3 Å². The van der Waals surface area contributed by atoms with E-state index in [1.54, 1.807) is 0 Å². The number of nitrogens with zero attached hydrogens (tertiary/aromatic N) is 1. The molecule has 0 aliphatic rings. The van der Waals surface area contributed by atoms with Crippen LogP contribution < -0.4 is 5.59 Å². The fourth-order valence-electron chi connectivity index (χ4n) is 2.03. The summed E-state index contributed by atoms with van der Waals surface area (Å²) in [4.78, 5) is 12.2. The van der Waals surface area contributed by atoms with Gasteiger partial charge in [0.1, 0.15) is 5.60 Å². The van der Waals surface area contributed by atoms with Crippen molar-refractivity contribution in [2.24, 2.45) is 0 Å². The number of hydrogen-bond acceptors (Lipinski definition) is 3. The lowest BCUT2D eigenvalue weighted by Crippen LogP contribution is -2.34. The van der Waals surface area contributed by atoms with Gasteiger partial charge in [0.2, 0.25) is 0 Å². The second kappa shape index (κ2) is 4.74. The van der Waals surface area contributed by atoms with Gasteiger partial charge in [0, 0.05) is 5.59 Å². The van der Waals surface area contributed by atoms with Crippen LogP contribution in [0.25, 0.3) is 10.9 Å². The molecule has 1 aromatic carbocycles. The van der Waals surface area contributed by atoms with Crippen molar-refractivity contribution < 1.29 is 14.6 Å². The maximum atomic E-state index is 12.2. The van der Waals surface area contributed by atoms with Crippen molar-refractivity contribution in [3.63, 3.8) is 0 Å². The number of benzene rings is 1. The molecule has 0 spiro atoms. The van der Waals surface area contributed by atoms with E-state index in [0.29, 0.717) is 5.59 Å². The Morgan fingerprint density at radius 1 is 1.32 bits per heavy atom. The topological polar surface area (TPSA) is 51.5 Å². The zero-order chi connectivity index (χ0) is 14.2. The third-order valence-corrected chi connectivity index (χ3v) is 2.77. The first kappa shape index (κ1) is 13.7. The van der Waals surface area contributed by atoms with Gasteiger partial charge in [-0.3, -0.25) is 4.57 Å². The van der Waals surface area contributed by atoms with Crippen LogP contribution >= 0.6 is 0 Å². The minimum atomic E-state index is -0.564. The summed E-state index contributed by atoms with van der Waals surface area (Å²) in [7, 11) is -0.201. The van der Waals surface area contributed by atoms with Gasteiger partial charge in [-0.05, 0) is 51.3 Å². The predicted octanol–water partition coefficient (Wildman–Crippen LogP) is 1.70. The molecule has 0 bridgehead atoms. The van der Waals surface area contributed by atoms with Crippen LogP contribution in [0.3, 0.4) is 0 Å². The molecule has 100 valence electrons. The highest BCUT2D eigenvalue weighted by Gasteiger charge is 2.22. The second-order valence-corrected chi connectivity index (χ2v) is 5.67. The van der Waals surface area contributed by atoms with Crippen LogP contribution in [-0.2, 0) is 4.74 Å². The second-order valence-electron chi connectivity index (χ2n) is 5.67. The molecule has 0 unspecified atom stereocenters. The average Bonchev–Trinajstić information content (AvgIpc) is 2.63. The van der Waals surface area contributed by atoms with E-state index in [4.69, 9.17) is 4.74 Å². The molecular weight excluding hydrogens is 241 g/mol. The first-order valence-electron chi connectivity index (χ1n) is 6.27. The van der Waals surface area contributed by atoms with Crippen LogP contribution in [0.5, 0.6) is 0 Å². The van der Waals surface area contributed by atoms with E-state index in [2.05, 4.69) is 0 Å². The Morgan fingerprint density at radius 3 is 2.58 bits per heavy atom. The van der Waals surface area contributed by atoms with Crippen LogP contribution in [0.1, 0.15) is 26.3 Å². The van der Waals surface area contributed by atoms with E-state index in [-0.39, 0.29) is 7.48 Å². The largest absolute Gasteiger partial charge is 0.448 e. The summed E-state index contributed by atoms with van der Waals surface area (Å²) in [5.74, 6) is 0. The highest BCUT2D eigenvalue weighted by Crippen LogP contribution is 2.18. The van der Waals surface area contributed by atoms with Crippen molar-refractivity contribution in [2.45, 2.75) is 33.3 Å². The van der Waals surface area contributed by atoms with E-state index in [9.17, 15) is 9.82 Å². The molecule has 0 saturated heterocycles. The van der Waals surface area contributed by atoms with E-state index < -0.39 is 11.7 Å². The summed E-state index contributed by atoms with van der Waals surface area (Å²) in [6, 6.07) is 7.60. The van der Waals surface area contributed by atoms with E-state index in [1.807, 2.05) is 52.0 Å². The van der Waals surface area contributed by atoms with Crippen LogP contribution in [-0.4, -0.2) is 28.8 Å².